The Labute approximate surface area is 154 Å². The summed E-state index contributed by atoms with van der Waals surface area (Å²) in [6.45, 7) is 7.63. The van der Waals surface area contributed by atoms with Gasteiger partial charge in [-0.25, -0.2) is 4.79 Å². The Morgan fingerprint density at radius 3 is 2.40 bits per heavy atom. The molecule has 2 N–H and O–H groups in total. The minimum Gasteiger partial charge on any atom is -0.444 e. The van der Waals surface area contributed by atoms with Crippen molar-refractivity contribution in [3.05, 3.63) is 35.9 Å². The highest BCUT2D eigenvalue weighted by atomic mass is 35.5. The van der Waals surface area contributed by atoms with Crippen molar-refractivity contribution in [3.63, 3.8) is 0 Å². The summed E-state index contributed by atoms with van der Waals surface area (Å²) in [6.07, 6.45) is -1.23. The van der Waals surface area contributed by atoms with Gasteiger partial charge in [0.1, 0.15) is 11.6 Å². The van der Waals surface area contributed by atoms with E-state index >= 15 is 0 Å². The number of carbonyl (C=O) groups is 2. The van der Waals surface area contributed by atoms with E-state index in [1.165, 1.54) is 0 Å². The number of rotatable bonds is 8. The Kier molecular flexibility index (Phi) is 8.72. The highest BCUT2D eigenvalue weighted by molar-refractivity contribution is 6.18. The lowest BCUT2D eigenvalue weighted by atomic mass is 10.1. The number of halogens is 1. The molecule has 1 rings (SSSR count). The number of amides is 2. The van der Waals surface area contributed by atoms with E-state index < -0.39 is 23.8 Å². The molecule has 1 aromatic rings. The molecule has 0 saturated carbocycles. The van der Waals surface area contributed by atoms with E-state index in [9.17, 15) is 9.59 Å². The summed E-state index contributed by atoms with van der Waals surface area (Å²) in [7, 11) is 0. The van der Waals surface area contributed by atoms with E-state index in [2.05, 4.69) is 10.6 Å². The van der Waals surface area contributed by atoms with Gasteiger partial charge in [0.15, 0.2) is 0 Å². The minimum atomic E-state index is -0.887. The quantitative estimate of drug-likeness (QED) is 0.690. The lowest BCUT2D eigenvalue weighted by molar-refractivity contribution is -0.127. The molecule has 2 amide bonds. The zero-order valence-electron chi connectivity index (χ0n) is 15.2. The van der Waals surface area contributed by atoms with Crippen molar-refractivity contribution >= 4 is 23.6 Å². The van der Waals surface area contributed by atoms with Crippen molar-refractivity contribution in [2.75, 3.05) is 12.4 Å². The monoisotopic (exact) mass is 370 g/mol. The van der Waals surface area contributed by atoms with E-state index in [0.29, 0.717) is 13.2 Å². The first-order valence-corrected chi connectivity index (χ1v) is 8.75. The van der Waals surface area contributed by atoms with Crippen molar-refractivity contribution in [1.29, 1.82) is 0 Å². The molecule has 0 aliphatic carbocycles. The maximum absolute atomic E-state index is 12.3. The van der Waals surface area contributed by atoms with Crippen LogP contribution in [-0.2, 0) is 20.9 Å². The highest BCUT2D eigenvalue weighted by Crippen LogP contribution is 2.10. The van der Waals surface area contributed by atoms with Gasteiger partial charge in [0.2, 0.25) is 5.91 Å². The third-order valence-corrected chi connectivity index (χ3v) is 3.36. The van der Waals surface area contributed by atoms with Crippen molar-refractivity contribution in [3.8, 4) is 0 Å². The van der Waals surface area contributed by atoms with Crippen LogP contribution in [0.15, 0.2) is 30.3 Å². The zero-order valence-corrected chi connectivity index (χ0v) is 15.9. The predicted molar refractivity (Wildman–Crippen MR) is 97.6 cm³/mol. The van der Waals surface area contributed by atoms with Crippen molar-refractivity contribution < 1.29 is 19.1 Å². The third kappa shape index (κ3) is 8.74. The number of ether oxygens (including phenoxy) is 2. The van der Waals surface area contributed by atoms with Crippen LogP contribution in [0, 0.1) is 0 Å². The van der Waals surface area contributed by atoms with Gasteiger partial charge in [-0.1, -0.05) is 30.3 Å². The Morgan fingerprint density at radius 1 is 1.20 bits per heavy atom. The Balaban J connectivity index is 2.71. The number of nitrogens with one attached hydrogen (secondary N) is 2. The number of hydrogen-bond donors (Lipinski definition) is 2. The molecule has 7 heteroatoms. The van der Waals surface area contributed by atoms with Gasteiger partial charge >= 0.3 is 6.09 Å². The second-order valence-corrected chi connectivity index (χ2v) is 6.98. The normalized spacial score (nSPS) is 13.6. The van der Waals surface area contributed by atoms with Gasteiger partial charge in [-0.3, -0.25) is 4.79 Å². The first kappa shape index (κ1) is 21.3. The van der Waals surface area contributed by atoms with E-state index in [4.69, 9.17) is 21.1 Å². The maximum atomic E-state index is 12.3. The molecule has 0 aliphatic rings. The van der Waals surface area contributed by atoms with Crippen LogP contribution in [0.4, 0.5) is 4.79 Å². The molecule has 0 unspecified atom stereocenters. The molecule has 0 fully saturated rings. The van der Waals surface area contributed by atoms with Crippen LogP contribution in [-0.4, -0.2) is 42.2 Å². The number of benzene rings is 1. The van der Waals surface area contributed by atoms with Gasteiger partial charge in [-0.05, 0) is 33.3 Å². The molecule has 2 atom stereocenters. The van der Waals surface area contributed by atoms with E-state index in [1.807, 2.05) is 30.3 Å². The van der Waals surface area contributed by atoms with Gasteiger partial charge in [-0.2, -0.15) is 0 Å². The molecule has 0 saturated heterocycles. The number of carbonyl (C=O) groups excluding carboxylic acids is 2. The Hall–Kier alpha value is -1.79. The fourth-order valence-corrected chi connectivity index (χ4v) is 2.10. The molecule has 0 aliphatic heterocycles. The molecule has 6 nitrogen and oxygen atoms in total. The number of alkyl carbamates (subject to hydrolysis) is 1. The summed E-state index contributed by atoms with van der Waals surface area (Å²) in [5.74, 6) is -0.0866. The fourth-order valence-electron chi connectivity index (χ4n) is 2.01. The molecule has 0 aromatic heterocycles. The number of alkyl halides is 1. The highest BCUT2D eigenvalue weighted by Gasteiger charge is 2.29. The standard InChI is InChI=1S/C18H27ClN2O4/c1-13(24-12-14-8-6-5-7-9-14)15(16(22)20-11-10-19)21-17(23)25-18(2,3)4/h5-9,13,15H,10-12H2,1-4H3,(H,20,22)(H,21,23)/t13-,15+/m1/s1. The largest absolute Gasteiger partial charge is 0.444 e. The van der Waals surface area contributed by atoms with Crippen LogP contribution in [0.3, 0.4) is 0 Å². The van der Waals surface area contributed by atoms with Crippen molar-refractivity contribution in [2.45, 2.75) is 52.0 Å². The molecule has 0 bridgehead atoms. The van der Waals surface area contributed by atoms with Crippen LogP contribution >= 0.6 is 11.6 Å². The first-order chi connectivity index (χ1) is 11.7. The molecule has 140 valence electrons. The summed E-state index contributed by atoms with van der Waals surface area (Å²) in [4.78, 5) is 24.4. The molecular weight excluding hydrogens is 344 g/mol. The van der Waals surface area contributed by atoms with Crippen LogP contribution in [0.1, 0.15) is 33.3 Å². The van der Waals surface area contributed by atoms with Gasteiger partial charge in [0, 0.05) is 12.4 Å². The lowest BCUT2D eigenvalue weighted by Crippen LogP contribution is -2.54. The molecular formula is C18H27ClN2O4. The van der Waals surface area contributed by atoms with Crippen LogP contribution in [0.25, 0.3) is 0 Å². The summed E-state index contributed by atoms with van der Waals surface area (Å²) in [5, 5.41) is 5.24. The molecule has 1 aromatic carbocycles. The van der Waals surface area contributed by atoms with Crippen molar-refractivity contribution in [1.82, 2.24) is 10.6 Å². The Bertz CT molecular complexity index is 546. The lowest BCUT2D eigenvalue weighted by Gasteiger charge is -2.26. The van der Waals surface area contributed by atoms with Crippen LogP contribution in [0.5, 0.6) is 0 Å². The topological polar surface area (TPSA) is 76.7 Å². The SMILES string of the molecule is C[C@@H](OCc1ccccc1)[C@H](NC(=O)OC(C)(C)C)C(=O)NCCCl. The number of hydrogen-bond acceptors (Lipinski definition) is 4. The molecule has 25 heavy (non-hydrogen) atoms. The average Bonchev–Trinajstić information content (AvgIpc) is 2.54. The summed E-state index contributed by atoms with van der Waals surface area (Å²) in [5.41, 5.74) is 0.321. The Morgan fingerprint density at radius 2 is 1.84 bits per heavy atom. The van der Waals surface area contributed by atoms with Crippen LogP contribution in [0.2, 0.25) is 0 Å². The summed E-state index contributed by atoms with van der Waals surface area (Å²) < 4.78 is 11.0. The smallest absolute Gasteiger partial charge is 0.408 e. The maximum Gasteiger partial charge on any atom is 0.408 e. The predicted octanol–water partition coefficient (Wildman–Crippen LogP) is 2.84. The van der Waals surface area contributed by atoms with Gasteiger partial charge in [0.25, 0.3) is 0 Å². The molecule has 0 heterocycles. The second kappa shape index (κ2) is 10.3. The third-order valence-electron chi connectivity index (χ3n) is 3.17. The van der Waals surface area contributed by atoms with Gasteiger partial charge < -0.3 is 20.1 Å². The average molecular weight is 371 g/mol. The van der Waals surface area contributed by atoms with Gasteiger partial charge in [0.05, 0.1) is 12.7 Å². The molecule has 0 spiro atoms. The second-order valence-electron chi connectivity index (χ2n) is 6.61. The first-order valence-electron chi connectivity index (χ1n) is 8.21. The molecule has 0 radical (unpaired) electrons. The van der Waals surface area contributed by atoms with Crippen LogP contribution < -0.4 is 10.6 Å². The van der Waals surface area contributed by atoms with E-state index in [0.717, 1.165) is 5.56 Å². The fraction of sp³-hybridized carbons (Fsp3) is 0.556. The summed E-state index contributed by atoms with van der Waals surface area (Å²) in [6, 6.07) is 8.70. The van der Waals surface area contributed by atoms with Gasteiger partial charge in [-0.15, -0.1) is 11.6 Å². The van der Waals surface area contributed by atoms with E-state index in [1.54, 1.807) is 27.7 Å². The minimum absolute atomic E-state index is 0.282. The van der Waals surface area contributed by atoms with E-state index in [-0.39, 0.29) is 11.8 Å². The van der Waals surface area contributed by atoms with Crippen molar-refractivity contribution in [2.24, 2.45) is 0 Å². The summed E-state index contributed by atoms with van der Waals surface area (Å²) >= 11 is 5.61. The zero-order chi connectivity index (χ0) is 18.9.